The van der Waals surface area contributed by atoms with E-state index in [0.717, 1.165) is 27.6 Å². The fourth-order valence-corrected chi connectivity index (χ4v) is 2.41. The molecule has 3 aromatic rings. The highest BCUT2D eigenvalue weighted by atomic mass is 16.4. The van der Waals surface area contributed by atoms with Crippen LogP contribution in [0.3, 0.4) is 0 Å². The summed E-state index contributed by atoms with van der Waals surface area (Å²) in [5.74, 6) is 5.20. The molecule has 1 aromatic heterocycles. The lowest BCUT2D eigenvalue weighted by atomic mass is 10.0. The third-order valence-corrected chi connectivity index (χ3v) is 3.75. The quantitative estimate of drug-likeness (QED) is 0.692. The maximum absolute atomic E-state index is 10.8. The van der Waals surface area contributed by atoms with Crippen LogP contribution in [0.5, 0.6) is 0 Å². The van der Waals surface area contributed by atoms with E-state index in [1.807, 2.05) is 13.0 Å². The number of nitrogens with zero attached hydrogens (tertiary/aromatic N) is 1. The van der Waals surface area contributed by atoms with Crippen molar-refractivity contribution in [3.8, 4) is 11.8 Å². The average Bonchev–Trinajstić information content (AvgIpc) is 2.57. The molecule has 0 spiro atoms. The molecule has 3 rings (SSSR count). The molecule has 0 saturated carbocycles. The number of benzene rings is 2. The Labute approximate surface area is 134 Å². The predicted molar refractivity (Wildman–Crippen MR) is 90.6 cm³/mol. The molecule has 0 fully saturated rings. The predicted octanol–water partition coefficient (Wildman–Crippen LogP) is 3.95. The third-order valence-electron chi connectivity index (χ3n) is 3.75. The van der Waals surface area contributed by atoms with Crippen LogP contribution in [0.1, 0.15) is 32.6 Å². The minimum atomic E-state index is -0.936. The number of aryl methyl sites for hydroxylation is 2. The van der Waals surface area contributed by atoms with Crippen molar-refractivity contribution in [1.82, 2.24) is 4.98 Å². The second kappa shape index (κ2) is 5.94. The van der Waals surface area contributed by atoms with Gasteiger partial charge in [0.15, 0.2) is 0 Å². The van der Waals surface area contributed by atoms with Crippen LogP contribution in [-0.4, -0.2) is 16.1 Å². The molecule has 0 radical (unpaired) electrons. The Bertz CT molecular complexity index is 961. The zero-order valence-electron chi connectivity index (χ0n) is 12.9. The van der Waals surface area contributed by atoms with Gasteiger partial charge in [-0.3, -0.25) is 4.98 Å². The van der Waals surface area contributed by atoms with Gasteiger partial charge in [0.25, 0.3) is 0 Å². The molecular weight excluding hydrogens is 286 g/mol. The maximum Gasteiger partial charge on any atom is 0.335 e. The third kappa shape index (κ3) is 3.07. The van der Waals surface area contributed by atoms with Gasteiger partial charge in [-0.15, -0.1) is 0 Å². The molecule has 0 atom stereocenters. The van der Waals surface area contributed by atoms with Gasteiger partial charge in [-0.25, -0.2) is 4.79 Å². The molecule has 1 heterocycles. The molecule has 3 heteroatoms. The number of carboxylic acids is 1. The summed E-state index contributed by atoms with van der Waals surface area (Å²) in [5.41, 5.74) is 5.20. The van der Waals surface area contributed by atoms with Crippen LogP contribution in [0.25, 0.3) is 10.9 Å². The van der Waals surface area contributed by atoms with Crippen LogP contribution in [0.15, 0.2) is 48.7 Å². The highest BCUT2D eigenvalue weighted by Crippen LogP contribution is 2.20. The standard InChI is InChI=1S/C20H15NO2/c1-13-3-4-14(2)19-18(13)11-16(12-21-19)6-5-15-7-9-17(10-8-15)20(22)23/h3-4,7-12H,1-2H3,(H,22,23). The summed E-state index contributed by atoms with van der Waals surface area (Å²) in [6.45, 7) is 4.11. The molecule has 112 valence electrons. The monoisotopic (exact) mass is 301 g/mol. The van der Waals surface area contributed by atoms with E-state index in [1.54, 1.807) is 30.5 Å². The summed E-state index contributed by atoms with van der Waals surface area (Å²) in [6.07, 6.45) is 1.77. The average molecular weight is 301 g/mol. The Morgan fingerprint density at radius 1 is 0.957 bits per heavy atom. The van der Waals surface area contributed by atoms with Crippen molar-refractivity contribution in [1.29, 1.82) is 0 Å². The van der Waals surface area contributed by atoms with Gasteiger partial charge in [-0.2, -0.15) is 0 Å². The molecular formula is C20H15NO2. The topological polar surface area (TPSA) is 50.2 Å². The molecule has 3 nitrogen and oxygen atoms in total. The second-order valence-corrected chi connectivity index (χ2v) is 5.45. The van der Waals surface area contributed by atoms with Crippen molar-refractivity contribution in [2.75, 3.05) is 0 Å². The Morgan fingerprint density at radius 2 is 1.61 bits per heavy atom. The van der Waals surface area contributed by atoms with Gasteiger partial charge in [0.2, 0.25) is 0 Å². The van der Waals surface area contributed by atoms with Crippen molar-refractivity contribution in [2.45, 2.75) is 13.8 Å². The number of pyridine rings is 1. The van der Waals surface area contributed by atoms with Gasteiger partial charge in [0, 0.05) is 22.7 Å². The van der Waals surface area contributed by atoms with Gasteiger partial charge < -0.3 is 5.11 Å². The number of fused-ring (bicyclic) bond motifs is 1. The van der Waals surface area contributed by atoms with E-state index >= 15 is 0 Å². The molecule has 2 aromatic carbocycles. The lowest BCUT2D eigenvalue weighted by Gasteiger charge is -2.04. The summed E-state index contributed by atoms with van der Waals surface area (Å²) in [4.78, 5) is 15.3. The Hall–Kier alpha value is -3.12. The largest absolute Gasteiger partial charge is 0.478 e. The zero-order chi connectivity index (χ0) is 16.4. The van der Waals surface area contributed by atoms with Crippen molar-refractivity contribution < 1.29 is 9.90 Å². The Morgan fingerprint density at radius 3 is 2.30 bits per heavy atom. The van der Waals surface area contributed by atoms with E-state index < -0.39 is 5.97 Å². The number of aromatic carboxylic acids is 1. The van der Waals surface area contributed by atoms with Crippen molar-refractivity contribution >= 4 is 16.9 Å². The first-order valence-electron chi connectivity index (χ1n) is 7.26. The minimum Gasteiger partial charge on any atom is -0.478 e. The number of rotatable bonds is 1. The number of hydrogen-bond acceptors (Lipinski definition) is 2. The van der Waals surface area contributed by atoms with Gasteiger partial charge >= 0.3 is 5.97 Å². The van der Waals surface area contributed by atoms with E-state index in [-0.39, 0.29) is 5.56 Å². The molecule has 0 bridgehead atoms. The fourth-order valence-electron chi connectivity index (χ4n) is 2.41. The molecule has 0 aliphatic rings. The summed E-state index contributed by atoms with van der Waals surface area (Å²) < 4.78 is 0. The van der Waals surface area contributed by atoms with Gasteiger partial charge in [0.05, 0.1) is 11.1 Å². The zero-order valence-corrected chi connectivity index (χ0v) is 12.9. The molecule has 23 heavy (non-hydrogen) atoms. The SMILES string of the molecule is Cc1ccc(C)c2ncc(C#Cc3ccc(C(=O)O)cc3)cc12. The first-order valence-corrected chi connectivity index (χ1v) is 7.26. The molecule has 0 amide bonds. The summed E-state index contributed by atoms with van der Waals surface area (Å²) >= 11 is 0. The van der Waals surface area contributed by atoms with Crippen LogP contribution in [-0.2, 0) is 0 Å². The summed E-state index contributed by atoms with van der Waals surface area (Å²) in [7, 11) is 0. The van der Waals surface area contributed by atoms with Crippen LogP contribution in [0.2, 0.25) is 0 Å². The number of hydrogen-bond donors (Lipinski definition) is 1. The first-order chi connectivity index (χ1) is 11.0. The number of carbonyl (C=O) groups is 1. The normalized spacial score (nSPS) is 10.2. The van der Waals surface area contributed by atoms with Crippen LogP contribution < -0.4 is 0 Å². The molecule has 0 aliphatic carbocycles. The molecule has 0 unspecified atom stereocenters. The highest BCUT2D eigenvalue weighted by Gasteiger charge is 2.03. The van der Waals surface area contributed by atoms with E-state index in [1.165, 1.54) is 5.56 Å². The second-order valence-electron chi connectivity index (χ2n) is 5.45. The van der Waals surface area contributed by atoms with Crippen molar-refractivity contribution in [3.63, 3.8) is 0 Å². The molecule has 0 saturated heterocycles. The first kappa shape index (κ1) is 14.8. The van der Waals surface area contributed by atoms with Crippen molar-refractivity contribution in [3.05, 3.63) is 76.5 Å². The van der Waals surface area contributed by atoms with E-state index in [9.17, 15) is 4.79 Å². The Balaban J connectivity index is 1.96. The summed E-state index contributed by atoms with van der Waals surface area (Å²) in [6, 6.07) is 12.7. The van der Waals surface area contributed by atoms with Gasteiger partial charge in [0.1, 0.15) is 0 Å². The van der Waals surface area contributed by atoms with Gasteiger partial charge in [-0.05, 0) is 55.3 Å². The fraction of sp³-hybridized carbons (Fsp3) is 0.100. The molecule has 1 N–H and O–H groups in total. The van der Waals surface area contributed by atoms with E-state index in [4.69, 9.17) is 5.11 Å². The highest BCUT2D eigenvalue weighted by molar-refractivity contribution is 5.87. The van der Waals surface area contributed by atoms with Crippen molar-refractivity contribution in [2.24, 2.45) is 0 Å². The number of aromatic nitrogens is 1. The lowest BCUT2D eigenvalue weighted by Crippen LogP contribution is -1.94. The minimum absolute atomic E-state index is 0.258. The lowest BCUT2D eigenvalue weighted by molar-refractivity contribution is 0.0697. The van der Waals surface area contributed by atoms with Crippen LogP contribution >= 0.6 is 0 Å². The maximum atomic E-state index is 10.8. The number of carboxylic acid groups (broad SMARTS) is 1. The van der Waals surface area contributed by atoms with E-state index in [0.29, 0.717) is 0 Å². The van der Waals surface area contributed by atoms with E-state index in [2.05, 4.69) is 35.9 Å². The van der Waals surface area contributed by atoms with Gasteiger partial charge in [-0.1, -0.05) is 24.0 Å². The smallest absolute Gasteiger partial charge is 0.335 e. The molecule has 0 aliphatic heterocycles. The summed E-state index contributed by atoms with van der Waals surface area (Å²) in [5, 5.41) is 10.00. The van der Waals surface area contributed by atoms with Crippen LogP contribution in [0, 0.1) is 25.7 Å². The van der Waals surface area contributed by atoms with Crippen LogP contribution in [0.4, 0.5) is 0 Å². The Kier molecular flexibility index (Phi) is 3.82.